The third-order valence-corrected chi connectivity index (χ3v) is 3.23. The Morgan fingerprint density at radius 1 is 1.18 bits per heavy atom. The number of alkyl halides is 3. The van der Waals surface area contributed by atoms with E-state index in [1.54, 1.807) is 24.3 Å². The van der Waals surface area contributed by atoms with Gasteiger partial charge in [0.25, 0.3) is 6.43 Å². The quantitative estimate of drug-likeness (QED) is 0.799. The van der Waals surface area contributed by atoms with E-state index in [9.17, 15) is 22.8 Å². The van der Waals surface area contributed by atoms with Crippen LogP contribution in [0.25, 0.3) is 0 Å². The van der Waals surface area contributed by atoms with E-state index in [0.717, 1.165) is 10.5 Å². The number of ether oxygens (including phenoxy) is 1. The molecular formula is C14H15F3N2O3. The van der Waals surface area contributed by atoms with E-state index < -0.39 is 31.3 Å². The van der Waals surface area contributed by atoms with Crippen molar-refractivity contribution in [3.63, 3.8) is 0 Å². The van der Waals surface area contributed by atoms with Gasteiger partial charge >= 0.3 is 6.09 Å². The van der Waals surface area contributed by atoms with Gasteiger partial charge in [0.1, 0.15) is 13.2 Å². The van der Waals surface area contributed by atoms with Crippen molar-refractivity contribution < 1.29 is 27.5 Å². The van der Waals surface area contributed by atoms with E-state index in [2.05, 4.69) is 0 Å². The molecule has 1 fully saturated rings. The molecule has 2 amide bonds. The molecule has 1 aliphatic heterocycles. The number of benzene rings is 1. The predicted molar refractivity (Wildman–Crippen MR) is 70.8 cm³/mol. The van der Waals surface area contributed by atoms with E-state index >= 15 is 0 Å². The number of halogens is 3. The van der Waals surface area contributed by atoms with Crippen LogP contribution >= 0.6 is 0 Å². The van der Waals surface area contributed by atoms with Gasteiger partial charge in [0.2, 0.25) is 12.2 Å². The summed E-state index contributed by atoms with van der Waals surface area (Å²) in [4.78, 5) is 25.0. The van der Waals surface area contributed by atoms with E-state index in [-0.39, 0.29) is 19.7 Å². The molecule has 1 heterocycles. The fraction of sp³-hybridized carbons (Fsp3) is 0.429. The lowest BCUT2D eigenvalue weighted by atomic mass is 10.2. The first-order valence-corrected chi connectivity index (χ1v) is 6.66. The summed E-state index contributed by atoms with van der Waals surface area (Å²) in [5.74, 6) is -0.865. The molecule has 0 aromatic heterocycles. The molecule has 0 radical (unpaired) electrons. The predicted octanol–water partition coefficient (Wildman–Crippen LogP) is 2.03. The maximum absolute atomic E-state index is 13.2. The zero-order valence-corrected chi connectivity index (χ0v) is 11.6. The second-order valence-corrected chi connectivity index (χ2v) is 4.76. The molecule has 0 aliphatic carbocycles. The summed E-state index contributed by atoms with van der Waals surface area (Å²) in [5, 5.41) is 0. The van der Waals surface area contributed by atoms with Crippen molar-refractivity contribution in [2.24, 2.45) is 0 Å². The molecule has 1 unspecified atom stereocenters. The first-order chi connectivity index (χ1) is 10.5. The van der Waals surface area contributed by atoms with Crippen LogP contribution < -0.4 is 0 Å². The minimum absolute atomic E-state index is 0.0385. The molecule has 0 bridgehead atoms. The standard InChI is InChI=1S/C14H15F3N2O3/c15-12(16)13(17)19-7-6-18(8-11(19)20)14(21)22-9-10-4-2-1-3-5-10/h1-5,12-13H,6-9H2. The highest BCUT2D eigenvalue weighted by Crippen LogP contribution is 2.16. The number of carbonyl (C=O) groups is 2. The molecule has 22 heavy (non-hydrogen) atoms. The van der Waals surface area contributed by atoms with E-state index in [1.165, 1.54) is 0 Å². The molecule has 5 nitrogen and oxygen atoms in total. The minimum Gasteiger partial charge on any atom is -0.445 e. The van der Waals surface area contributed by atoms with Crippen molar-refractivity contribution in [1.29, 1.82) is 0 Å². The van der Waals surface area contributed by atoms with Gasteiger partial charge in [0, 0.05) is 13.1 Å². The average Bonchev–Trinajstić information content (AvgIpc) is 2.52. The van der Waals surface area contributed by atoms with E-state index in [0.29, 0.717) is 4.90 Å². The summed E-state index contributed by atoms with van der Waals surface area (Å²) in [6.45, 7) is -0.769. The van der Waals surface area contributed by atoms with Gasteiger partial charge in [-0.15, -0.1) is 0 Å². The van der Waals surface area contributed by atoms with Gasteiger partial charge in [0.15, 0.2) is 0 Å². The molecule has 0 saturated carbocycles. The third kappa shape index (κ3) is 3.90. The molecule has 0 spiro atoms. The normalized spacial score (nSPS) is 16.8. The smallest absolute Gasteiger partial charge is 0.410 e. The average molecular weight is 316 g/mol. The Kier molecular flexibility index (Phi) is 5.24. The number of amides is 2. The molecule has 120 valence electrons. The summed E-state index contributed by atoms with van der Waals surface area (Å²) in [6.07, 6.45) is -6.64. The Labute approximate surface area is 125 Å². The van der Waals surface area contributed by atoms with Crippen LogP contribution in [0.3, 0.4) is 0 Å². The van der Waals surface area contributed by atoms with Gasteiger partial charge < -0.3 is 9.64 Å². The maximum Gasteiger partial charge on any atom is 0.410 e. The summed E-state index contributed by atoms with van der Waals surface area (Å²) >= 11 is 0. The van der Waals surface area contributed by atoms with Crippen LogP contribution in [-0.2, 0) is 16.1 Å². The van der Waals surface area contributed by atoms with E-state index in [1.807, 2.05) is 6.07 Å². The first-order valence-electron chi connectivity index (χ1n) is 6.66. The van der Waals surface area contributed by atoms with Crippen LogP contribution in [0.1, 0.15) is 5.56 Å². The highest BCUT2D eigenvalue weighted by molar-refractivity contribution is 5.83. The molecule has 1 aromatic rings. The maximum atomic E-state index is 13.2. The lowest BCUT2D eigenvalue weighted by Gasteiger charge is -2.35. The summed E-state index contributed by atoms with van der Waals surface area (Å²) in [7, 11) is 0. The van der Waals surface area contributed by atoms with Crippen molar-refractivity contribution >= 4 is 12.0 Å². The summed E-state index contributed by atoms with van der Waals surface area (Å²) < 4.78 is 42.8. The monoisotopic (exact) mass is 316 g/mol. The Hall–Kier alpha value is -2.25. The SMILES string of the molecule is O=C(OCc1ccccc1)N1CCN(C(F)C(F)F)C(=O)C1. The first kappa shape index (κ1) is 16.1. The zero-order valence-electron chi connectivity index (χ0n) is 11.6. The van der Waals surface area contributed by atoms with Gasteiger partial charge in [-0.1, -0.05) is 30.3 Å². The molecule has 1 aromatic carbocycles. The minimum atomic E-state index is -3.26. The van der Waals surface area contributed by atoms with Gasteiger partial charge in [0.05, 0.1) is 0 Å². The number of carbonyl (C=O) groups excluding carboxylic acids is 2. The van der Waals surface area contributed by atoms with Crippen LogP contribution in [0, 0.1) is 0 Å². The van der Waals surface area contributed by atoms with Crippen LogP contribution in [0.2, 0.25) is 0 Å². The number of hydrogen-bond donors (Lipinski definition) is 0. The van der Waals surface area contributed by atoms with Gasteiger partial charge in [-0.25, -0.2) is 18.0 Å². The van der Waals surface area contributed by atoms with Crippen LogP contribution in [0.4, 0.5) is 18.0 Å². The highest BCUT2D eigenvalue weighted by Gasteiger charge is 2.36. The molecule has 1 atom stereocenters. The van der Waals surface area contributed by atoms with Crippen molar-refractivity contribution in [2.75, 3.05) is 19.6 Å². The van der Waals surface area contributed by atoms with Gasteiger partial charge in [-0.05, 0) is 5.56 Å². The van der Waals surface area contributed by atoms with Gasteiger partial charge in [-0.2, -0.15) is 0 Å². The van der Waals surface area contributed by atoms with Crippen molar-refractivity contribution in [1.82, 2.24) is 9.80 Å². The van der Waals surface area contributed by atoms with Crippen molar-refractivity contribution in [3.8, 4) is 0 Å². The van der Waals surface area contributed by atoms with Crippen LogP contribution in [0.15, 0.2) is 30.3 Å². The third-order valence-electron chi connectivity index (χ3n) is 3.23. The Morgan fingerprint density at radius 2 is 1.86 bits per heavy atom. The largest absolute Gasteiger partial charge is 0.445 e. The Balaban J connectivity index is 1.85. The molecule has 2 rings (SSSR count). The number of piperazine rings is 1. The van der Waals surface area contributed by atoms with Crippen LogP contribution in [-0.4, -0.2) is 54.2 Å². The number of nitrogens with zero attached hydrogens (tertiary/aromatic N) is 2. The van der Waals surface area contributed by atoms with Crippen molar-refractivity contribution in [2.45, 2.75) is 19.3 Å². The molecular weight excluding hydrogens is 301 g/mol. The topological polar surface area (TPSA) is 49.9 Å². The molecule has 0 N–H and O–H groups in total. The summed E-state index contributed by atoms with van der Waals surface area (Å²) in [5.41, 5.74) is 0.780. The lowest BCUT2D eigenvalue weighted by Crippen LogP contribution is -2.55. The van der Waals surface area contributed by atoms with Crippen molar-refractivity contribution in [3.05, 3.63) is 35.9 Å². The second-order valence-electron chi connectivity index (χ2n) is 4.76. The fourth-order valence-electron chi connectivity index (χ4n) is 2.05. The fourth-order valence-corrected chi connectivity index (χ4v) is 2.05. The van der Waals surface area contributed by atoms with E-state index in [4.69, 9.17) is 4.74 Å². The number of hydrogen-bond acceptors (Lipinski definition) is 3. The van der Waals surface area contributed by atoms with Gasteiger partial charge in [-0.3, -0.25) is 9.69 Å². The zero-order chi connectivity index (χ0) is 16.1. The molecule has 8 heteroatoms. The Bertz CT molecular complexity index is 527. The Morgan fingerprint density at radius 3 is 2.45 bits per heavy atom. The molecule has 1 aliphatic rings. The second kappa shape index (κ2) is 7.15. The lowest BCUT2D eigenvalue weighted by molar-refractivity contribution is -0.150. The van der Waals surface area contributed by atoms with Crippen LogP contribution in [0.5, 0.6) is 0 Å². The summed E-state index contributed by atoms with van der Waals surface area (Å²) in [6, 6.07) is 8.94. The number of rotatable bonds is 4. The highest BCUT2D eigenvalue weighted by atomic mass is 19.3. The molecule has 1 saturated heterocycles.